The number of ether oxygens (including phenoxy) is 1. The number of aromatic amines is 1. The van der Waals surface area contributed by atoms with E-state index in [1.165, 1.54) is 0 Å². The molecule has 0 aromatic carbocycles. The van der Waals surface area contributed by atoms with Crippen LogP contribution in [0.1, 0.15) is 10.6 Å². The maximum Gasteiger partial charge on any atom is 0.291 e. The van der Waals surface area contributed by atoms with Crippen LogP contribution in [0.15, 0.2) is 24.5 Å². The molecule has 140 valence electrons. The molecule has 3 aromatic heterocycles. The number of hydrogen-bond acceptors (Lipinski definition) is 9. The highest BCUT2D eigenvalue weighted by Crippen LogP contribution is 2.24. The summed E-state index contributed by atoms with van der Waals surface area (Å²) >= 11 is 0. The minimum atomic E-state index is -0.378. The molecule has 1 amide bonds. The van der Waals surface area contributed by atoms with Crippen molar-refractivity contribution in [3.63, 3.8) is 0 Å². The summed E-state index contributed by atoms with van der Waals surface area (Å²) in [5.74, 6) is 0.822. The number of aromatic nitrogens is 5. The molecule has 0 aliphatic carbocycles. The smallest absolute Gasteiger partial charge is 0.291 e. The number of hydrazine groups is 1. The Morgan fingerprint density at radius 2 is 2.11 bits per heavy atom. The third-order valence-corrected chi connectivity index (χ3v) is 4.01. The number of rotatable bonds is 5. The van der Waals surface area contributed by atoms with Crippen LogP contribution in [0.3, 0.4) is 0 Å². The molecule has 4 rings (SSSR count). The highest BCUT2D eigenvalue weighted by Gasteiger charge is 2.22. The van der Waals surface area contributed by atoms with Crippen molar-refractivity contribution in [3.8, 4) is 0 Å². The molecular weight excluding hydrogens is 350 g/mol. The van der Waals surface area contributed by atoms with E-state index in [4.69, 9.17) is 4.74 Å². The minimum absolute atomic E-state index is 0.152. The zero-order valence-corrected chi connectivity index (χ0v) is 14.7. The third kappa shape index (κ3) is 3.64. The number of amides is 1. The SMILES string of the molecule is CNNc1nc(N2CCOCC2)c2[nH]c(C(=O)Nc3cccnc3)nc2n1. The van der Waals surface area contributed by atoms with Crippen LogP contribution in [-0.2, 0) is 4.74 Å². The van der Waals surface area contributed by atoms with Crippen LogP contribution in [0.5, 0.6) is 0 Å². The van der Waals surface area contributed by atoms with Crippen molar-refractivity contribution in [3.05, 3.63) is 30.4 Å². The van der Waals surface area contributed by atoms with Crippen LogP contribution >= 0.6 is 0 Å². The van der Waals surface area contributed by atoms with E-state index in [1.807, 2.05) is 0 Å². The Morgan fingerprint density at radius 1 is 1.26 bits per heavy atom. The number of imidazole rings is 1. The fourth-order valence-corrected chi connectivity index (χ4v) is 2.79. The average Bonchev–Trinajstić information content (AvgIpc) is 3.13. The van der Waals surface area contributed by atoms with E-state index in [0.29, 0.717) is 54.9 Å². The van der Waals surface area contributed by atoms with Gasteiger partial charge in [0.2, 0.25) is 5.95 Å². The molecule has 0 saturated carbocycles. The van der Waals surface area contributed by atoms with E-state index >= 15 is 0 Å². The predicted octanol–water partition coefficient (Wildman–Crippen LogP) is 0.383. The van der Waals surface area contributed by atoms with E-state index in [1.54, 1.807) is 31.6 Å². The van der Waals surface area contributed by atoms with Crippen molar-refractivity contribution in [2.24, 2.45) is 0 Å². The standard InChI is InChI=1S/C16H19N9O2/c1-17-24-16-22-12-11(14(23-16)25-5-7-27-8-6-25)20-13(21-12)15(26)19-10-3-2-4-18-9-10/h2-4,9,17H,5-8H2,1H3,(H,19,26)(H2,20,21,22,23,24). The Kier molecular flexibility index (Phi) is 4.77. The van der Waals surface area contributed by atoms with Gasteiger partial charge in [-0.2, -0.15) is 9.97 Å². The third-order valence-electron chi connectivity index (χ3n) is 4.01. The van der Waals surface area contributed by atoms with Gasteiger partial charge in [-0.05, 0) is 12.1 Å². The highest BCUT2D eigenvalue weighted by molar-refractivity contribution is 6.03. The first-order valence-corrected chi connectivity index (χ1v) is 8.49. The first kappa shape index (κ1) is 17.1. The lowest BCUT2D eigenvalue weighted by molar-refractivity contribution is 0.101. The molecule has 1 saturated heterocycles. The van der Waals surface area contributed by atoms with Gasteiger partial charge in [0.15, 0.2) is 17.3 Å². The lowest BCUT2D eigenvalue weighted by Gasteiger charge is -2.28. The Balaban J connectivity index is 1.70. The quantitative estimate of drug-likeness (QED) is 0.471. The zero-order chi connectivity index (χ0) is 18.6. The summed E-state index contributed by atoms with van der Waals surface area (Å²) in [5, 5.41) is 2.75. The van der Waals surface area contributed by atoms with Crippen molar-refractivity contribution in [1.29, 1.82) is 0 Å². The van der Waals surface area contributed by atoms with Gasteiger partial charge in [0.1, 0.15) is 5.52 Å². The van der Waals surface area contributed by atoms with Gasteiger partial charge in [0, 0.05) is 26.3 Å². The summed E-state index contributed by atoms with van der Waals surface area (Å²) in [6.07, 6.45) is 3.20. The number of pyridine rings is 1. The molecule has 0 unspecified atom stereocenters. The molecule has 3 aromatic rings. The summed E-state index contributed by atoms with van der Waals surface area (Å²) in [7, 11) is 1.72. The van der Waals surface area contributed by atoms with E-state index in [9.17, 15) is 4.79 Å². The van der Waals surface area contributed by atoms with Crippen LogP contribution < -0.4 is 21.1 Å². The second kappa shape index (κ2) is 7.51. The van der Waals surface area contributed by atoms with Crippen LogP contribution in [0.4, 0.5) is 17.5 Å². The van der Waals surface area contributed by atoms with Gasteiger partial charge in [0.25, 0.3) is 5.91 Å². The van der Waals surface area contributed by atoms with Gasteiger partial charge >= 0.3 is 0 Å². The summed E-state index contributed by atoms with van der Waals surface area (Å²) in [5.41, 5.74) is 7.26. The van der Waals surface area contributed by atoms with Crippen molar-refractivity contribution >= 4 is 34.5 Å². The minimum Gasteiger partial charge on any atom is -0.378 e. The second-order valence-electron chi connectivity index (χ2n) is 5.83. The summed E-state index contributed by atoms with van der Waals surface area (Å²) in [6, 6.07) is 3.49. The Bertz CT molecular complexity index is 938. The van der Waals surface area contributed by atoms with Gasteiger partial charge in [-0.25, -0.2) is 10.4 Å². The largest absolute Gasteiger partial charge is 0.378 e. The van der Waals surface area contributed by atoms with Crippen LogP contribution in [0.25, 0.3) is 11.2 Å². The first-order chi connectivity index (χ1) is 13.2. The van der Waals surface area contributed by atoms with Gasteiger partial charge in [-0.3, -0.25) is 15.2 Å². The number of nitrogens with one attached hydrogen (secondary N) is 4. The summed E-state index contributed by atoms with van der Waals surface area (Å²) in [6.45, 7) is 2.62. The number of anilines is 3. The Hall–Kier alpha value is -3.31. The van der Waals surface area contributed by atoms with E-state index in [-0.39, 0.29) is 11.7 Å². The molecule has 0 atom stereocenters. The lowest BCUT2D eigenvalue weighted by Crippen LogP contribution is -2.37. The van der Waals surface area contributed by atoms with E-state index in [2.05, 4.69) is 46.0 Å². The van der Waals surface area contributed by atoms with Crippen molar-refractivity contribution in [1.82, 2.24) is 30.3 Å². The van der Waals surface area contributed by atoms with Gasteiger partial charge in [-0.15, -0.1) is 0 Å². The molecular formula is C16H19N9O2. The van der Waals surface area contributed by atoms with Crippen LogP contribution in [0.2, 0.25) is 0 Å². The number of carbonyl (C=O) groups is 1. The lowest BCUT2D eigenvalue weighted by atomic mass is 10.4. The summed E-state index contributed by atoms with van der Waals surface area (Å²) < 4.78 is 5.41. The topological polar surface area (TPSA) is 133 Å². The second-order valence-corrected chi connectivity index (χ2v) is 5.83. The number of morpholine rings is 1. The van der Waals surface area contributed by atoms with Crippen LogP contribution in [-0.4, -0.2) is 64.2 Å². The maximum absolute atomic E-state index is 12.5. The fraction of sp³-hybridized carbons (Fsp3) is 0.312. The first-order valence-electron chi connectivity index (χ1n) is 8.49. The molecule has 1 aliphatic rings. The predicted molar refractivity (Wildman–Crippen MR) is 99.6 cm³/mol. The molecule has 4 heterocycles. The molecule has 0 spiro atoms. The number of fused-ring (bicyclic) bond motifs is 1. The Morgan fingerprint density at radius 3 is 2.85 bits per heavy atom. The van der Waals surface area contributed by atoms with Gasteiger partial charge in [0.05, 0.1) is 25.1 Å². The molecule has 0 radical (unpaired) electrons. The van der Waals surface area contributed by atoms with Gasteiger partial charge < -0.3 is 19.9 Å². The highest BCUT2D eigenvalue weighted by atomic mass is 16.5. The van der Waals surface area contributed by atoms with E-state index < -0.39 is 0 Å². The number of hydrogen-bond donors (Lipinski definition) is 4. The monoisotopic (exact) mass is 369 g/mol. The summed E-state index contributed by atoms with van der Waals surface area (Å²) in [4.78, 5) is 34.9. The molecule has 27 heavy (non-hydrogen) atoms. The molecule has 0 bridgehead atoms. The fourth-order valence-electron chi connectivity index (χ4n) is 2.79. The number of H-pyrrole nitrogens is 1. The molecule has 1 fully saturated rings. The molecule has 11 nitrogen and oxygen atoms in total. The van der Waals surface area contributed by atoms with Gasteiger partial charge in [-0.1, -0.05) is 0 Å². The molecule has 11 heteroatoms. The normalized spacial score (nSPS) is 14.3. The van der Waals surface area contributed by atoms with Crippen molar-refractivity contribution in [2.45, 2.75) is 0 Å². The number of carbonyl (C=O) groups excluding carboxylic acids is 1. The van der Waals surface area contributed by atoms with Crippen molar-refractivity contribution < 1.29 is 9.53 Å². The average molecular weight is 369 g/mol. The molecule has 4 N–H and O–H groups in total. The number of nitrogens with zero attached hydrogens (tertiary/aromatic N) is 5. The zero-order valence-electron chi connectivity index (χ0n) is 14.7. The van der Waals surface area contributed by atoms with Crippen LogP contribution in [0, 0.1) is 0 Å². The van der Waals surface area contributed by atoms with Crippen molar-refractivity contribution in [2.75, 3.05) is 49.0 Å². The maximum atomic E-state index is 12.5. The Labute approximate surface area is 154 Å². The molecule has 1 aliphatic heterocycles. The van der Waals surface area contributed by atoms with E-state index in [0.717, 1.165) is 0 Å².